The third kappa shape index (κ3) is 4.04. The van der Waals surface area contributed by atoms with Crippen molar-refractivity contribution in [3.05, 3.63) is 88.2 Å². The molecule has 0 aliphatic heterocycles. The largest absolute Gasteiger partial charge is 0.489 e. The Labute approximate surface area is 217 Å². The Morgan fingerprint density at radius 3 is 2.54 bits per heavy atom. The number of fused-ring (bicyclic) bond motifs is 2. The van der Waals surface area contributed by atoms with E-state index in [2.05, 4.69) is 18.2 Å². The van der Waals surface area contributed by atoms with Gasteiger partial charge in [0, 0.05) is 18.1 Å². The van der Waals surface area contributed by atoms with E-state index in [1.807, 2.05) is 31.2 Å². The average molecular weight is 501 g/mol. The molecule has 3 aromatic carbocycles. The van der Waals surface area contributed by atoms with Gasteiger partial charge in [-0.2, -0.15) is 0 Å². The number of carboxylic acid groups (broad SMARTS) is 1. The quantitative estimate of drug-likeness (QED) is 0.376. The second kappa shape index (κ2) is 8.98. The molecule has 0 aromatic heterocycles. The summed E-state index contributed by atoms with van der Waals surface area (Å²) >= 11 is 0. The van der Waals surface area contributed by atoms with Crippen molar-refractivity contribution in [1.29, 1.82) is 0 Å². The van der Waals surface area contributed by atoms with E-state index in [1.165, 1.54) is 11.6 Å². The van der Waals surface area contributed by atoms with Gasteiger partial charge in [-0.25, -0.2) is 4.39 Å². The molecule has 37 heavy (non-hydrogen) atoms. The van der Waals surface area contributed by atoms with Crippen LogP contribution in [0.3, 0.4) is 0 Å². The fraction of sp³-hybridized carbons (Fsp3) is 0.406. The lowest BCUT2D eigenvalue weighted by Crippen LogP contribution is -2.25. The van der Waals surface area contributed by atoms with Crippen LogP contribution in [0.4, 0.5) is 4.39 Å². The Kier molecular flexibility index (Phi) is 5.87. The molecule has 3 aromatic rings. The highest BCUT2D eigenvalue weighted by molar-refractivity contribution is 5.78. The molecule has 2 atom stereocenters. The summed E-state index contributed by atoms with van der Waals surface area (Å²) in [5.74, 6) is -0.450. The van der Waals surface area contributed by atoms with Gasteiger partial charge in [-0.1, -0.05) is 42.7 Å². The molecule has 0 amide bonds. The molecule has 2 fully saturated rings. The van der Waals surface area contributed by atoms with Crippen LogP contribution >= 0.6 is 0 Å². The SMILES string of the molecule is COC1(c2cc(COc3ccc4c(c3)[C@]3(CC4)C[C@H]3C(=O)O)ccc2-c2cc(C)ccc2F)CCCC1. The Morgan fingerprint density at radius 2 is 1.81 bits per heavy atom. The van der Waals surface area contributed by atoms with E-state index in [4.69, 9.17) is 9.47 Å². The minimum Gasteiger partial charge on any atom is -0.489 e. The minimum atomic E-state index is -0.698. The molecule has 1 spiro atoms. The third-order valence-corrected chi connectivity index (χ3v) is 9.03. The van der Waals surface area contributed by atoms with Crippen molar-refractivity contribution in [2.24, 2.45) is 5.92 Å². The molecule has 0 heterocycles. The van der Waals surface area contributed by atoms with Gasteiger partial charge in [0.2, 0.25) is 0 Å². The lowest BCUT2D eigenvalue weighted by atomic mass is 9.84. The van der Waals surface area contributed by atoms with E-state index >= 15 is 0 Å². The summed E-state index contributed by atoms with van der Waals surface area (Å²) in [6.07, 6.45) is 6.54. The monoisotopic (exact) mass is 500 g/mol. The standard InChI is InChI=1S/C32H33FO4/c1-20-5-10-29(33)25(15-20)24-9-6-21(16-27(24)32(36-2)12-3-4-13-32)19-37-23-8-7-22-11-14-31(26(22)17-23)18-28(31)30(34)35/h5-10,15-17,28H,3-4,11-14,18-19H2,1-2H3,(H,34,35)/t28-,31-/m0/s1. The van der Waals surface area contributed by atoms with Crippen molar-refractivity contribution < 1.29 is 23.8 Å². The summed E-state index contributed by atoms with van der Waals surface area (Å²) in [6.45, 7) is 2.35. The number of methoxy groups -OCH3 is 1. The number of carboxylic acids is 1. The van der Waals surface area contributed by atoms with Crippen LogP contribution in [0.15, 0.2) is 54.6 Å². The van der Waals surface area contributed by atoms with Gasteiger partial charge in [-0.3, -0.25) is 4.79 Å². The maximum atomic E-state index is 15.0. The summed E-state index contributed by atoms with van der Waals surface area (Å²) < 4.78 is 27.4. The zero-order valence-electron chi connectivity index (χ0n) is 21.5. The minimum absolute atomic E-state index is 0.208. The van der Waals surface area contributed by atoms with Gasteiger partial charge in [0.25, 0.3) is 0 Å². The van der Waals surface area contributed by atoms with Crippen molar-refractivity contribution in [1.82, 2.24) is 0 Å². The number of benzene rings is 3. The van der Waals surface area contributed by atoms with Crippen LogP contribution in [0.5, 0.6) is 5.75 Å². The summed E-state index contributed by atoms with van der Waals surface area (Å²) in [6, 6.07) is 17.5. The second-order valence-electron chi connectivity index (χ2n) is 11.1. The molecule has 1 N–H and O–H groups in total. The number of hydrogen-bond donors (Lipinski definition) is 1. The zero-order chi connectivity index (χ0) is 25.8. The number of ether oxygens (including phenoxy) is 2. The van der Waals surface area contributed by atoms with Crippen molar-refractivity contribution in [2.75, 3.05) is 7.11 Å². The molecule has 3 aliphatic rings. The van der Waals surface area contributed by atoms with Gasteiger partial charge >= 0.3 is 5.97 Å². The van der Waals surface area contributed by atoms with Gasteiger partial charge in [0.15, 0.2) is 0 Å². The fourth-order valence-electron chi connectivity index (χ4n) is 6.86. The number of halogens is 1. The topological polar surface area (TPSA) is 55.8 Å². The molecule has 0 radical (unpaired) electrons. The number of aryl methyl sites for hydroxylation is 2. The Hall–Kier alpha value is -3.18. The fourth-order valence-corrected chi connectivity index (χ4v) is 6.86. The molecule has 0 unspecified atom stereocenters. The molecular formula is C32H33FO4. The Bertz CT molecular complexity index is 1370. The molecule has 3 aliphatic carbocycles. The van der Waals surface area contributed by atoms with Gasteiger partial charge < -0.3 is 14.6 Å². The summed E-state index contributed by atoms with van der Waals surface area (Å²) in [7, 11) is 1.76. The van der Waals surface area contributed by atoms with Crippen LogP contribution in [0.2, 0.25) is 0 Å². The van der Waals surface area contributed by atoms with E-state index in [1.54, 1.807) is 13.2 Å². The van der Waals surface area contributed by atoms with E-state index < -0.39 is 11.6 Å². The number of hydrogen-bond acceptors (Lipinski definition) is 3. The van der Waals surface area contributed by atoms with Crippen LogP contribution in [0, 0.1) is 18.7 Å². The van der Waals surface area contributed by atoms with E-state index in [0.29, 0.717) is 12.2 Å². The summed E-state index contributed by atoms with van der Waals surface area (Å²) in [4.78, 5) is 11.6. The lowest BCUT2D eigenvalue weighted by Gasteiger charge is -2.31. The second-order valence-corrected chi connectivity index (χ2v) is 11.1. The normalized spacial score (nSPS) is 23.3. The predicted octanol–water partition coefficient (Wildman–Crippen LogP) is 7.08. The third-order valence-electron chi connectivity index (χ3n) is 9.03. The van der Waals surface area contributed by atoms with E-state index in [0.717, 1.165) is 78.5 Å². The van der Waals surface area contributed by atoms with Gasteiger partial charge in [0.1, 0.15) is 18.2 Å². The van der Waals surface area contributed by atoms with Crippen molar-refractivity contribution >= 4 is 5.97 Å². The van der Waals surface area contributed by atoms with Gasteiger partial charge in [-0.15, -0.1) is 0 Å². The van der Waals surface area contributed by atoms with Crippen LogP contribution in [0.1, 0.15) is 66.3 Å². The predicted molar refractivity (Wildman–Crippen MR) is 140 cm³/mol. The Balaban J connectivity index is 1.31. The lowest BCUT2D eigenvalue weighted by molar-refractivity contribution is -0.139. The zero-order valence-corrected chi connectivity index (χ0v) is 21.5. The molecule has 6 rings (SSSR count). The number of carbonyl (C=O) groups is 1. The van der Waals surface area contributed by atoms with Crippen LogP contribution in [-0.4, -0.2) is 18.2 Å². The van der Waals surface area contributed by atoms with Crippen molar-refractivity contribution in [3.8, 4) is 16.9 Å². The number of rotatable bonds is 7. The number of aliphatic carboxylic acids is 1. The Morgan fingerprint density at radius 1 is 1.00 bits per heavy atom. The van der Waals surface area contributed by atoms with Crippen molar-refractivity contribution in [2.45, 2.75) is 69.5 Å². The maximum absolute atomic E-state index is 15.0. The summed E-state index contributed by atoms with van der Waals surface area (Å²) in [5.41, 5.74) is 6.27. The molecule has 192 valence electrons. The van der Waals surface area contributed by atoms with Crippen LogP contribution < -0.4 is 4.74 Å². The van der Waals surface area contributed by atoms with Gasteiger partial charge in [0.05, 0.1) is 11.5 Å². The van der Waals surface area contributed by atoms with Crippen LogP contribution in [0.25, 0.3) is 11.1 Å². The molecule has 2 saturated carbocycles. The highest BCUT2D eigenvalue weighted by atomic mass is 19.1. The van der Waals surface area contributed by atoms with Crippen LogP contribution in [-0.2, 0) is 33.6 Å². The first kappa shape index (κ1) is 24.2. The first-order chi connectivity index (χ1) is 17.8. The first-order valence-corrected chi connectivity index (χ1v) is 13.3. The maximum Gasteiger partial charge on any atom is 0.307 e. The average Bonchev–Trinajstić information content (AvgIpc) is 3.25. The molecule has 4 nitrogen and oxygen atoms in total. The smallest absolute Gasteiger partial charge is 0.307 e. The highest BCUT2D eigenvalue weighted by Gasteiger charge is 2.61. The van der Waals surface area contributed by atoms with Crippen molar-refractivity contribution in [3.63, 3.8) is 0 Å². The van der Waals surface area contributed by atoms with E-state index in [-0.39, 0.29) is 17.2 Å². The molecule has 0 saturated heterocycles. The first-order valence-electron chi connectivity index (χ1n) is 13.3. The van der Waals surface area contributed by atoms with E-state index in [9.17, 15) is 14.3 Å². The molecule has 0 bridgehead atoms. The highest BCUT2D eigenvalue weighted by Crippen LogP contribution is 2.62. The molecule has 5 heteroatoms. The van der Waals surface area contributed by atoms with Gasteiger partial charge in [-0.05, 0) is 97.2 Å². The summed E-state index contributed by atoms with van der Waals surface area (Å²) in [5, 5.41) is 9.55. The molecular weight excluding hydrogens is 467 g/mol.